The molecule has 0 saturated carbocycles. The van der Waals surface area contributed by atoms with Gasteiger partial charge in [0.25, 0.3) is 5.69 Å². The van der Waals surface area contributed by atoms with Crippen LogP contribution in [0.2, 0.25) is 0 Å². The molecule has 2 aromatic carbocycles. The van der Waals surface area contributed by atoms with Gasteiger partial charge in [0.15, 0.2) is 5.78 Å². The predicted octanol–water partition coefficient (Wildman–Crippen LogP) is 3.34. The number of carbonyl (C=O) groups is 1. The highest BCUT2D eigenvalue weighted by Crippen LogP contribution is 2.20. The first-order valence-corrected chi connectivity index (χ1v) is 5.93. The smallest absolute Gasteiger partial charge is 0.270 e. The fourth-order valence-corrected chi connectivity index (χ4v) is 1.71. The van der Waals surface area contributed by atoms with Gasteiger partial charge in [0, 0.05) is 12.1 Å². The van der Waals surface area contributed by atoms with Crippen LogP contribution in [0.4, 0.5) is 10.1 Å². The van der Waals surface area contributed by atoms with Crippen LogP contribution >= 0.6 is 0 Å². The molecule has 5 nitrogen and oxygen atoms in total. The lowest BCUT2D eigenvalue weighted by Crippen LogP contribution is -1.96. The van der Waals surface area contributed by atoms with E-state index in [-0.39, 0.29) is 17.0 Å². The summed E-state index contributed by atoms with van der Waals surface area (Å²) in [4.78, 5) is 22.0. The molecule has 1 N–H and O–H groups in total. The van der Waals surface area contributed by atoms with Gasteiger partial charge in [-0.25, -0.2) is 4.39 Å². The van der Waals surface area contributed by atoms with Crippen molar-refractivity contribution in [3.63, 3.8) is 0 Å². The number of carbonyl (C=O) groups excluding carboxylic acids is 1. The van der Waals surface area contributed by atoms with Crippen LogP contribution in [0.3, 0.4) is 0 Å². The van der Waals surface area contributed by atoms with E-state index in [4.69, 9.17) is 0 Å². The minimum atomic E-state index is -0.639. The summed E-state index contributed by atoms with van der Waals surface area (Å²) in [6.07, 6.45) is 2.48. The number of aromatic hydroxyl groups is 1. The molecule has 21 heavy (non-hydrogen) atoms. The fourth-order valence-electron chi connectivity index (χ4n) is 1.71. The second-order valence-electron chi connectivity index (χ2n) is 4.21. The van der Waals surface area contributed by atoms with Crippen LogP contribution < -0.4 is 0 Å². The number of rotatable bonds is 4. The van der Waals surface area contributed by atoms with Gasteiger partial charge in [-0.3, -0.25) is 14.9 Å². The van der Waals surface area contributed by atoms with Crippen molar-refractivity contribution in [1.82, 2.24) is 0 Å². The molecule has 0 amide bonds. The molecule has 0 unspecified atom stereocenters. The van der Waals surface area contributed by atoms with Crippen LogP contribution in [-0.4, -0.2) is 15.8 Å². The number of phenolic OH excluding ortho intramolecular Hbond substituents is 1. The van der Waals surface area contributed by atoms with Gasteiger partial charge in [0.2, 0.25) is 0 Å². The average Bonchev–Trinajstić information content (AvgIpc) is 2.47. The van der Waals surface area contributed by atoms with Crippen molar-refractivity contribution < 1.29 is 19.2 Å². The Morgan fingerprint density at radius 1 is 1.24 bits per heavy atom. The highest BCUT2D eigenvalue weighted by atomic mass is 19.1. The Labute approximate surface area is 119 Å². The molecule has 0 saturated heterocycles. The molecule has 0 radical (unpaired) electrons. The van der Waals surface area contributed by atoms with Crippen molar-refractivity contribution in [3.05, 3.63) is 75.6 Å². The van der Waals surface area contributed by atoms with Crippen LogP contribution in [0.25, 0.3) is 6.08 Å². The lowest BCUT2D eigenvalue weighted by atomic mass is 10.1. The Bertz CT molecular complexity index is 740. The molecule has 0 aliphatic carbocycles. The molecule has 2 rings (SSSR count). The number of hydrogen-bond acceptors (Lipinski definition) is 4. The van der Waals surface area contributed by atoms with Crippen LogP contribution in [-0.2, 0) is 0 Å². The summed E-state index contributed by atoms with van der Waals surface area (Å²) >= 11 is 0. The molecule has 2 aromatic rings. The van der Waals surface area contributed by atoms with E-state index in [0.717, 1.165) is 24.3 Å². The Morgan fingerprint density at radius 2 is 2.00 bits per heavy atom. The summed E-state index contributed by atoms with van der Waals surface area (Å²) in [5, 5.41) is 20.1. The number of allylic oxidation sites excluding steroid dienone is 1. The third kappa shape index (κ3) is 3.50. The highest BCUT2D eigenvalue weighted by Gasteiger charge is 2.10. The summed E-state index contributed by atoms with van der Waals surface area (Å²) in [7, 11) is 0. The molecular weight excluding hydrogens is 277 g/mol. The second kappa shape index (κ2) is 5.96. The van der Waals surface area contributed by atoms with Gasteiger partial charge >= 0.3 is 0 Å². The predicted molar refractivity (Wildman–Crippen MR) is 74.5 cm³/mol. The molecule has 0 aromatic heterocycles. The van der Waals surface area contributed by atoms with Crippen molar-refractivity contribution in [2.24, 2.45) is 0 Å². The van der Waals surface area contributed by atoms with Crippen LogP contribution in [0.5, 0.6) is 5.75 Å². The van der Waals surface area contributed by atoms with E-state index < -0.39 is 16.5 Å². The monoisotopic (exact) mass is 287 g/mol. The number of halogens is 1. The summed E-state index contributed by atoms with van der Waals surface area (Å²) in [6.45, 7) is 0. The number of nitro groups is 1. The number of non-ortho nitro benzene ring substituents is 1. The molecule has 0 aliphatic heterocycles. The van der Waals surface area contributed by atoms with E-state index in [1.165, 1.54) is 24.3 Å². The maximum absolute atomic E-state index is 13.1. The summed E-state index contributed by atoms with van der Waals surface area (Å²) in [5.41, 5.74) is 0.184. The van der Waals surface area contributed by atoms with Gasteiger partial charge in [0.05, 0.1) is 10.5 Å². The van der Waals surface area contributed by atoms with Gasteiger partial charge in [-0.2, -0.15) is 0 Å². The van der Waals surface area contributed by atoms with Crippen molar-refractivity contribution in [2.75, 3.05) is 0 Å². The topological polar surface area (TPSA) is 80.4 Å². The second-order valence-corrected chi connectivity index (χ2v) is 4.21. The molecule has 0 atom stereocenters. The molecule has 0 aliphatic rings. The van der Waals surface area contributed by atoms with E-state index in [9.17, 15) is 24.4 Å². The van der Waals surface area contributed by atoms with E-state index in [2.05, 4.69) is 0 Å². The third-order valence-electron chi connectivity index (χ3n) is 2.73. The quantitative estimate of drug-likeness (QED) is 0.405. The SMILES string of the molecule is O=C(/C=C/c1cccc([N+](=O)[O-])c1)c1cc(F)ccc1O. The molecule has 0 spiro atoms. The zero-order chi connectivity index (χ0) is 15.4. The summed E-state index contributed by atoms with van der Waals surface area (Å²) in [5.74, 6) is -1.57. The molecular formula is C15H10FNO4. The van der Waals surface area contributed by atoms with E-state index in [0.29, 0.717) is 5.56 Å². The van der Waals surface area contributed by atoms with Crippen LogP contribution in [0, 0.1) is 15.9 Å². The summed E-state index contributed by atoms with van der Waals surface area (Å²) in [6, 6.07) is 8.76. The van der Waals surface area contributed by atoms with Gasteiger partial charge in [-0.05, 0) is 29.8 Å². The van der Waals surface area contributed by atoms with Crippen molar-refractivity contribution in [3.8, 4) is 5.75 Å². The van der Waals surface area contributed by atoms with Gasteiger partial charge in [-0.1, -0.05) is 18.2 Å². The zero-order valence-electron chi connectivity index (χ0n) is 10.7. The number of nitrogens with zero attached hydrogens (tertiary/aromatic N) is 1. The zero-order valence-corrected chi connectivity index (χ0v) is 10.7. The van der Waals surface area contributed by atoms with Gasteiger partial charge in [-0.15, -0.1) is 0 Å². The largest absolute Gasteiger partial charge is 0.507 e. The van der Waals surface area contributed by atoms with Crippen LogP contribution in [0.1, 0.15) is 15.9 Å². The van der Waals surface area contributed by atoms with E-state index in [1.54, 1.807) is 6.07 Å². The lowest BCUT2D eigenvalue weighted by Gasteiger charge is -2.00. The molecule has 0 heterocycles. The lowest BCUT2D eigenvalue weighted by molar-refractivity contribution is -0.384. The fraction of sp³-hybridized carbons (Fsp3) is 0. The van der Waals surface area contributed by atoms with Crippen LogP contribution in [0.15, 0.2) is 48.5 Å². The van der Waals surface area contributed by atoms with Gasteiger partial charge < -0.3 is 5.11 Å². The minimum Gasteiger partial charge on any atom is -0.507 e. The molecule has 0 fully saturated rings. The maximum atomic E-state index is 13.1. The number of hydrogen-bond donors (Lipinski definition) is 1. The van der Waals surface area contributed by atoms with E-state index in [1.807, 2.05) is 0 Å². The standard InChI is InChI=1S/C15H10FNO4/c16-11-5-7-15(19)13(9-11)14(18)6-4-10-2-1-3-12(8-10)17(20)21/h1-9,19H/b6-4+. The number of ketones is 1. The number of nitro benzene ring substituents is 1. The Balaban J connectivity index is 2.24. The average molecular weight is 287 g/mol. The normalized spacial score (nSPS) is 10.7. The molecule has 106 valence electrons. The Morgan fingerprint density at radius 3 is 2.71 bits per heavy atom. The molecule has 6 heteroatoms. The number of benzene rings is 2. The molecule has 0 bridgehead atoms. The first kappa shape index (κ1) is 14.4. The van der Waals surface area contributed by atoms with Crippen molar-refractivity contribution in [2.45, 2.75) is 0 Å². The van der Waals surface area contributed by atoms with E-state index >= 15 is 0 Å². The first-order valence-electron chi connectivity index (χ1n) is 5.93. The van der Waals surface area contributed by atoms with Crippen molar-refractivity contribution >= 4 is 17.5 Å². The highest BCUT2D eigenvalue weighted by molar-refractivity contribution is 6.08. The Hall–Kier alpha value is -3.02. The Kier molecular flexibility index (Phi) is 4.08. The van der Waals surface area contributed by atoms with Gasteiger partial charge in [0.1, 0.15) is 11.6 Å². The maximum Gasteiger partial charge on any atom is 0.270 e. The summed E-state index contributed by atoms with van der Waals surface area (Å²) < 4.78 is 13.1. The van der Waals surface area contributed by atoms with Crippen molar-refractivity contribution in [1.29, 1.82) is 0 Å². The third-order valence-corrected chi connectivity index (χ3v) is 2.73. The minimum absolute atomic E-state index is 0.0989. The number of phenols is 1. The first-order chi connectivity index (χ1) is 9.97.